The molecule has 2 aromatic carbocycles. The van der Waals surface area contributed by atoms with E-state index in [0.717, 1.165) is 30.9 Å². The molecule has 3 aromatic rings. The van der Waals surface area contributed by atoms with Crippen LogP contribution < -0.4 is 20.7 Å². The van der Waals surface area contributed by atoms with Crippen LogP contribution in [0, 0.1) is 0 Å². The van der Waals surface area contributed by atoms with Crippen molar-refractivity contribution in [1.29, 1.82) is 0 Å². The lowest BCUT2D eigenvalue weighted by Crippen LogP contribution is -2.51. The predicted molar refractivity (Wildman–Crippen MR) is 115 cm³/mol. The highest BCUT2D eigenvalue weighted by atomic mass is 16.5. The number of carbonyl (C=O) groups is 2. The number of aromatic amines is 1. The molecule has 0 spiro atoms. The van der Waals surface area contributed by atoms with Crippen LogP contribution in [0.15, 0.2) is 45.6 Å². The highest BCUT2D eigenvalue weighted by molar-refractivity contribution is 6.39. The Labute approximate surface area is 177 Å². The summed E-state index contributed by atoms with van der Waals surface area (Å²) in [5.41, 5.74) is 3.57. The second-order valence-electron chi connectivity index (χ2n) is 7.70. The normalized spacial score (nSPS) is 16.0. The summed E-state index contributed by atoms with van der Waals surface area (Å²) < 4.78 is 10.7. The summed E-state index contributed by atoms with van der Waals surface area (Å²) in [5.74, 6) is -0.901. The largest absolute Gasteiger partial charge is 0.493 e. The molecule has 2 aliphatic rings. The zero-order valence-corrected chi connectivity index (χ0v) is 16.8. The van der Waals surface area contributed by atoms with Crippen LogP contribution in [0.25, 0.3) is 11.1 Å². The lowest BCUT2D eigenvalue weighted by atomic mass is 10.0. The van der Waals surface area contributed by atoms with E-state index in [-0.39, 0.29) is 0 Å². The summed E-state index contributed by atoms with van der Waals surface area (Å²) in [7, 11) is 0. The Balaban J connectivity index is 1.20. The van der Waals surface area contributed by atoms with Crippen molar-refractivity contribution < 1.29 is 18.7 Å². The molecule has 0 bridgehead atoms. The molecule has 160 valence electrons. The van der Waals surface area contributed by atoms with Crippen molar-refractivity contribution in [2.24, 2.45) is 0 Å². The average Bonchev–Trinajstić information content (AvgIpc) is 3.17. The van der Waals surface area contributed by atoms with Crippen molar-refractivity contribution in [3.63, 3.8) is 0 Å². The van der Waals surface area contributed by atoms with Gasteiger partial charge in [-0.05, 0) is 48.7 Å². The summed E-state index contributed by atoms with van der Waals surface area (Å²) in [4.78, 5) is 42.6. The number of aryl methyl sites for hydroxylation is 1. The second kappa shape index (κ2) is 7.82. The Morgan fingerprint density at radius 2 is 1.87 bits per heavy atom. The minimum Gasteiger partial charge on any atom is -0.493 e. The van der Waals surface area contributed by atoms with Crippen LogP contribution in [0.5, 0.6) is 5.75 Å². The molecule has 1 saturated heterocycles. The van der Waals surface area contributed by atoms with Crippen molar-refractivity contribution in [1.82, 2.24) is 9.88 Å². The molecule has 0 radical (unpaired) electrons. The van der Waals surface area contributed by atoms with Gasteiger partial charge < -0.3 is 24.3 Å². The molecule has 2 N–H and O–H groups in total. The molecule has 3 heterocycles. The van der Waals surface area contributed by atoms with Crippen LogP contribution in [0.2, 0.25) is 0 Å². The zero-order valence-electron chi connectivity index (χ0n) is 16.8. The number of nitrogens with zero attached hydrogens (tertiary/aromatic N) is 2. The van der Waals surface area contributed by atoms with Crippen molar-refractivity contribution in [2.45, 2.75) is 12.8 Å². The summed E-state index contributed by atoms with van der Waals surface area (Å²) in [6, 6.07) is 11.0. The maximum absolute atomic E-state index is 12.6. The fourth-order valence-corrected chi connectivity index (χ4v) is 4.06. The molecule has 5 rings (SSSR count). The second-order valence-corrected chi connectivity index (χ2v) is 7.70. The van der Waals surface area contributed by atoms with E-state index in [4.69, 9.17) is 9.15 Å². The van der Waals surface area contributed by atoms with Crippen LogP contribution >= 0.6 is 0 Å². The number of aromatic nitrogens is 1. The fourth-order valence-electron chi connectivity index (χ4n) is 4.06. The van der Waals surface area contributed by atoms with E-state index in [1.165, 1.54) is 11.6 Å². The van der Waals surface area contributed by atoms with E-state index < -0.39 is 17.6 Å². The summed E-state index contributed by atoms with van der Waals surface area (Å²) in [6.45, 7) is 3.00. The highest BCUT2D eigenvalue weighted by Gasteiger charge is 2.27. The van der Waals surface area contributed by atoms with Crippen LogP contribution in [-0.4, -0.2) is 54.5 Å². The molecular formula is C22H22N4O5. The Hall–Kier alpha value is -3.75. The molecule has 0 unspecified atom stereocenters. The van der Waals surface area contributed by atoms with Crippen molar-refractivity contribution in [3.05, 3.63) is 52.5 Å². The van der Waals surface area contributed by atoms with Gasteiger partial charge in [-0.25, -0.2) is 4.79 Å². The number of benzene rings is 2. The molecule has 0 aliphatic carbocycles. The first-order valence-electron chi connectivity index (χ1n) is 10.3. The highest BCUT2D eigenvalue weighted by Crippen LogP contribution is 2.29. The smallest absolute Gasteiger partial charge is 0.417 e. The molecule has 9 heteroatoms. The molecule has 0 saturated carbocycles. The third-order valence-corrected chi connectivity index (χ3v) is 5.70. The number of amides is 2. The number of piperazine rings is 1. The number of ether oxygens (including phenoxy) is 1. The standard InChI is InChI=1S/C22H22N4O5/c27-20(23-15-3-5-17-19(13-15)31-22(29)24-17)21(28)26-9-7-25(8-10-26)16-4-6-18-14(12-16)2-1-11-30-18/h3-6,12-13H,1-2,7-11H2,(H,23,27)(H,24,29). The van der Waals surface area contributed by atoms with Gasteiger partial charge in [-0.1, -0.05) is 0 Å². The number of oxazole rings is 1. The van der Waals surface area contributed by atoms with Gasteiger partial charge in [0.1, 0.15) is 5.75 Å². The average molecular weight is 422 g/mol. The van der Waals surface area contributed by atoms with Gasteiger partial charge >= 0.3 is 17.6 Å². The van der Waals surface area contributed by atoms with E-state index in [2.05, 4.69) is 21.3 Å². The Morgan fingerprint density at radius 3 is 2.71 bits per heavy atom. The van der Waals surface area contributed by atoms with Gasteiger partial charge in [0.15, 0.2) is 5.58 Å². The molecule has 2 amide bonds. The number of H-pyrrole nitrogens is 1. The molecule has 9 nitrogen and oxygen atoms in total. The quantitative estimate of drug-likeness (QED) is 0.609. The maximum atomic E-state index is 12.6. The first-order valence-corrected chi connectivity index (χ1v) is 10.3. The number of nitrogens with one attached hydrogen (secondary N) is 2. The van der Waals surface area contributed by atoms with E-state index in [1.54, 1.807) is 17.0 Å². The van der Waals surface area contributed by atoms with Gasteiger partial charge in [0.05, 0.1) is 12.1 Å². The minimum absolute atomic E-state index is 0.319. The topological polar surface area (TPSA) is 108 Å². The lowest BCUT2D eigenvalue weighted by Gasteiger charge is -2.36. The number of fused-ring (bicyclic) bond motifs is 2. The minimum atomic E-state index is -0.711. The van der Waals surface area contributed by atoms with Crippen molar-refractivity contribution in [2.75, 3.05) is 43.0 Å². The van der Waals surface area contributed by atoms with Gasteiger partial charge in [0.2, 0.25) is 0 Å². The van der Waals surface area contributed by atoms with Gasteiger partial charge in [-0.15, -0.1) is 0 Å². The number of hydrogen-bond donors (Lipinski definition) is 2. The number of hydrogen-bond acceptors (Lipinski definition) is 6. The third kappa shape index (κ3) is 3.86. The molecule has 0 atom stereocenters. The van der Waals surface area contributed by atoms with Gasteiger partial charge in [0.25, 0.3) is 0 Å². The Bertz CT molecular complexity index is 1210. The van der Waals surface area contributed by atoms with E-state index in [0.29, 0.717) is 43.0 Å². The Kier molecular flexibility index (Phi) is 4.85. The van der Waals surface area contributed by atoms with Crippen LogP contribution in [0.3, 0.4) is 0 Å². The van der Waals surface area contributed by atoms with Crippen LogP contribution in [0.1, 0.15) is 12.0 Å². The van der Waals surface area contributed by atoms with Crippen LogP contribution in [0.4, 0.5) is 11.4 Å². The summed E-state index contributed by atoms with van der Waals surface area (Å²) in [6.07, 6.45) is 2.04. The maximum Gasteiger partial charge on any atom is 0.417 e. The van der Waals surface area contributed by atoms with Gasteiger partial charge in [-0.3, -0.25) is 14.6 Å². The predicted octanol–water partition coefficient (Wildman–Crippen LogP) is 1.73. The summed E-state index contributed by atoms with van der Waals surface area (Å²) in [5, 5.41) is 2.58. The molecule has 1 fully saturated rings. The third-order valence-electron chi connectivity index (χ3n) is 5.70. The fraction of sp³-hybridized carbons (Fsp3) is 0.318. The molecule has 31 heavy (non-hydrogen) atoms. The van der Waals surface area contributed by atoms with Crippen LogP contribution in [-0.2, 0) is 16.0 Å². The molecule has 1 aromatic heterocycles. The first kappa shape index (κ1) is 19.2. The number of rotatable bonds is 2. The SMILES string of the molecule is O=C(Nc1ccc2[nH]c(=O)oc2c1)C(=O)N1CCN(c2ccc3c(c2)CCCO3)CC1. The molecule has 2 aliphatic heterocycles. The number of anilines is 2. The van der Waals surface area contributed by atoms with Crippen molar-refractivity contribution >= 4 is 34.3 Å². The van der Waals surface area contributed by atoms with E-state index in [9.17, 15) is 14.4 Å². The number of carbonyl (C=O) groups excluding carboxylic acids is 2. The first-order chi connectivity index (χ1) is 15.1. The lowest BCUT2D eigenvalue weighted by molar-refractivity contribution is -0.143. The zero-order chi connectivity index (χ0) is 21.4. The monoisotopic (exact) mass is 422 g/mol. The van der Waals surface area contributed by atoms with Crippen molar-refractivity contribution in [3.8, 4) is 5.75 Å². The van der Waals surface area contributed by atoms with E-state index >= 15 is 0 Å². The Morgan fingerprint density at radius 1 is 1.03 bits per heavy atom. The summed E-state index contributed by atoms with van der Waals surface area (Å²) >= 11 is 0. The molecular weight excluding hydrogens is 400 g/mol. The van der Waals surface area contributed by atoms with Gasteiger partial charge in [-0.2, -0.15) is 0 Å². The van der Waals surface area contributed by atoms with E-state index in [1.807, 2.05) is 12.1 Å². The van der Waals surface area contributed by atoms with Gasteiger partial charge in [0, 0.05) is 43.6 Å².